The predicted molar refractivity (Wildman–Crippen MR) is 95.7 cm³/mol. The minimum atomic E-state index is -0.548. The lowest BCUT2D eigenvalue weighted by molar-refractivity contribution is -0.127. The molecule has 0 aliphatic heterocycles. The van der Waals surface area contributed by atoms with Gasteiger partial charge in [-0.1, -0.05) is 24.3 Å². The zero-order chi connectivity index (χ0) is 17.5. The van der Waals surface area contributed by atoms with Crippen LogP contribution in [0.2, 0.25) is 0 Å². The van der Waals surface area contributed by atoms with Crippen LogP contribution in [0.5, 0.6) is 11.5 Å². The molecular formula is C20H25NO3. The highest BCUT2D eigenvalue weighted by atomic mass is 16.5. The molecule has 2 aromatic carbocycles. The van der Waals surface area contributed by atoms with Crippen LogP contribution in [0.15, 0.2) is 42.5 Å². The summed E-state index contributed by atoms with van der Waals surface area (Å²) in [5.74, 6) is 1.39. The van der Waals surface area contributed by atoms with Crippen LogP contribution in [0.25, 0.3) is 0 Å². The second-order valence-corrected chi connectivity index (χ2v) is 5.91. The Kier molecular flexibility index (Phi) is 6.24. The summed E-state index contributed by atoms with van der Waals surface area (Å²) >= 11 is 0. The summed E-state index contributed by atoms with van der Waals surface area (Å²) in [5, 5.41) is 2.83. The van der Waals surface area contributed by atoms with Gasteiger partial charge in [-0.25, -0.2) is 0 Å². The van der Waals surface area contributed by atoms with Crippen molar-refractivity contribution in [2.24, 2.45) is 0 Å². The molecule has 0 saturated carbocycles. The van der Waals surface area contributed by atoms with Gasteiger partial charge >= 0.3 is 0 Å². The number of amides is 1. The summed E-state index contributed by atoms with van der Waals surface area (Å²) in [7, 11) is 0. The van der Waals surface area contributed by atoms with Gasteiger partial charge in [0.2, 0.25) is 0 Å². The van der Waals surface area contributed by atoms with Gasteiger partial charge in [-0.3, -0.25) is 4.79 Å². The van der Waals surface area contributed by atoms with Crippen LogP contribution in [0, 0.1) is 20.8 Å². The molecule has 0 heterocycles. The molecule has 0 fully saturated rings. The molecule has 0 aliphatic carbocycles. The molecule has 2 aromatic rings. The van der Waals surface area contributed by atoms with Crippen LogP contribution < -0.4 is 14.8 Å². The van der Waals surface area contributed by atoms with Crippen molar-refractivity contribution < 1.29 is 14.3 Å². The van der Waals surface area contributed by atoms with Crippen molar-refractivity contribution in [1.29, 1.82) is 0 Å². The third-order valence-electron chi connectivity index (χ3n) is 3.91. The first kappa shape index (κ1) is 17.9. The molecule has 128 valence electrons. The highest BCUT2D eigenvalue weighted by molar-refractivity contribution is 5.80. The second-order valence-electron chi connectivity index (χ2n) is 5.91. The first-order chi connectivity index (χ1) is 11.5. The summed E-state index contributed by atoms with van der Waals surface area (Å²) in [6.45, 7) is 8.67. The van der Waals surface area contributed by atoms with Crippen molar-refractivity contribution in [3.63, 3.8) is 0 Å². The number of benzene rings is 2. The molecule has 1 amide bonds. The van der Waals surface area contributed by atoms with E-state index in [4.69, 9.17) is 9.47 Å². The lowest BCUT2D eigenvalue weighted by Crippen LogP contribution is -2.38. The number of rotatable bonds is 7. The van der Waals surface area contributed by atoms with E-state index < -0.39 is 6.10 Å². The van der Waals surface area contributed by atoms with Gasteiger partial charge in [0, 0.05) is 0 Å². The largest absolute Gasteiger partial charge is 0.492 e. The Bertz CT molecular complexity index is 697. The van der Waals surface area contributed by atoms with Gasteiger partial charge in [0.25, 0.3) is 5.91 Å². The van der Waals surface area contributed by atoms with Gasteiger partial charge in [-0.2, -0.15) is 0 Å². The molecule has 1 atom stereocenters. The van der Waals surface area contributed by atoms with Crippen molar-refractivity contribution in [3.05, 3.63) is 59.2 Å². The standard InChI is InChI=1S/C20H25NO3/c1-14-9-10-18(13-16(14)3)23-12-11-21-20(22)17(4)24-19-8-6-5-7-15(19)2/h5-10,13,17H,11-12H2,1-4H3,(H,21,22)/t17-/m0/s1. The van der Waals surface area contributed by atoms with Crippen molar-refractivity contribution >= 4 is 5.91 Å². The number of ether oxygens (including phenoxy) is 2. The van der Waals surface area contributed by atoms with Crippen LogP contribution in [0.4, 0.5) is 0 Å². The molecular weight excluding hydrogens is 302 g/mol. The lowest BCUT2D eigenvalue weighted by Gasteiger charge is -2.16. The third-order valence-corrected chi connectivity index (χ3v) is 3.91. The van der Waals surface area contributed by atoms with Gasteiger partial charge < -0.3 is 14.8 Å². The Balaban J connectivity index is 1.74. The van der Waals surface area contributed by atoms with E-state index in [1.54, 1.807) is 6.92 Å². The van der Waals surface area contributed by atoms with Crippen LogP contribution in [0.1, 0.15) is 23.6 Å². The minimum absolute atomic E-state index is 0.151. The second kappa shape index (κ2) is 8.39. The number of aryl methyl sites for hydroxylation is 3. The van der Waals surface area contributed by atoms with Crippen LogP contribution in [0.3, 0.4) is 0 Å². The average molecular weight is 327 g/mol. The SMILES string of the molecule is Cc1ccc(OCCNC(=O)[C@H](C)Oc2ccccc2C)cc1C. The first-order valence-electron chi connectivity index (χ1n) is 8.17. The summed E-state index contributed by atoms with van der Waals surface area (Å²) in [6.07, 6.45) is -0.548. The Hall–Kier alpha value is -2.49. The van der Waals surface area contributed by atoms with Gasteiger partial charge in [0.05, 0.1) is 6.54 Å². The fourth-order valence-corrected chi connectivity index (χ4v) is 2.22. The Morgan fingerprint density at radius 1 is 1.04 bits per heavy atom. The maximum Gasteiger partial charge on any atom is 0.260 e. The highest BCUT2D eigenvalue weighted by Gasteiger charge is 2.14. The quantitative estimate of drug-likeness (QED) is 0.791. The topological polar surface area (TPSA) is 47.6 Å². The van der Waals surface area contributed by atoms with E-state index in [1.807, 2.05) is 49.4 Å². The van der Waals surface area contributed by atoms with Gasteiger partial charge in [-0.05, 0) is 62.6 Å². The van der Waals surface area contributed by atoms with E-state index in [9.17, 15) is 4.79 Å². The molecule has 24 heavy (non-hydrogen) atoms. The molecule has 1 N–H and O–H groups in total. The Morgan fingerprint density at radius 2 is 1.79 bits per heavy atom. The number of carbonyl (C=O) groups excluding carboxylic acids is 1. The van der Waals surface area contributed by atoms with Crippen molar-refractivity contribution in [1.82, 2.24) is 5.32 Å². The van der Waals surface area contributed by atoms with E-state index in [1.165, 1.54) is 11.1 Å². The number of para-hydroxylation sites is 1. The number of nitrogens with one attached hydrogen (secondary N) is 1. The molecule has 4 nitrogen and oxygen atoms in total. The molecule has 0 unspecified atom stereocenters. The van der Waals surface area contributed by atoms with Crippen molar-refractivity contribution in [2.75, 3.05) is 13.2 Å². The fraction of sp³-hybridized carbons (Fsp3) is 0.350. The molecule has 2 rings (SSSR count). The van der Waals surface area contributed by atoms with Gasteiger partial charge in [-0.15, -0.1) is 0 Å². The minimum Gasteiger partial charge on any atom is -0.492 e. The van der Waals surface area contributed by atoms with Crippen molar-refractivity contribution in [2.45, 2.75) is 33.8 Å². The smallest absolute Gasteiger partial charge is 0.260 e. The molecule has 0 saturated heterocycles. The molecule has 0 spiro atoms. The van der Waals surface area contributed by atoms with Crippen LogP contribution in [-0.2, 0) is 4.79 Å². The first-order valence-corrected chi connectivity index (χ1v) is 8.17. The van der Waals surface area contributed by atoms with Gasteiger partial charge in [0.15, 0.2) is 6.10 Å². The normalized spacial score (nSPS) is 11.7. The van der Waals surface area contributed by atoms with Gasteiger partial charge in [0.1, 0.15) is 18.1 Å². The van der Waals surface area contributed by atoms with E-state index >= 15 is 0 Å². The Morgan fingerprint density at radius 3 is 2.50 bits per heavy atom. The van der Waals surface area contributed by atoms with Crippen LogP contribution in [-0.4, -0.2) is 25.2 Å². The molecule has 0 radical (unpaired) electrons. The third kappa shape index (κ3) is 5.01. The van der Waals surface area contributed by atoms with E-state index in [0.29, 0.717) is 13.2 Å². The highest BCUT2D eigenvalue weighted by Crippen LogP contribution is 2.18. The Labute approximate surface area is 143 Å². The number of hydrogen-bond donors (Lipinski definition) is 1. The van der Waals surface area contributed by atoms with E-state index in [2.05, 4.69) is 19.2 Å². The summed E-state index contributed by atoms with van der Waals surface area (Å²) in [6, 6.07) is 13.6. The fourth-order valence-electron chi connectivity index (χ4n) is 2.22. The molecule has 0 bridgehead atoms. The zero-order valence-electron chi connectivity index (χ0n) is 14.8. The summed E-state index contributed by atoms with van der Waals surface area (Å²) in [4.78, 5) is 12.1. The average Bonchev–Trinajstić information content (AvgIpc) is 2.56. The van der Waals surface area contributed by atoms with Crippen molar-refractivity contribution in [3.8, 4) is 11.5 Å². The van der Waals surface area contributed by atoms with E-state index in [0.717, 1.165) is 17.1 Å². The zero-order valence-corrected chi connectivity index (χ0v) is 14.8. The maximum absolute atomic E-state index is 12.1. The maximum atomic E-state index is 12.1. The lowest BCUT2D eigenvalue weighted by atomic mass is 10.1. The summed E-state index contributed by atoms with van der Waals surface area (Å²) < 4.78 is 11.4. The molecule has 0 aliphatic rings. The summed E-state index contributed by atoms with van der Waals surface area (Å²) in [5.41, 5.74) is 3.44. The van der Waals surface area contributed by atoms with Crippen LogP contribution >= 0.6 is 0 Å². The number of hydrogen-bond acceptors (Lipinski definition) is 3. The number of carbonyl (C=O) groups is 1. The van der Waals surface area contributed by atoms with E-state index in [-0.39, 0.29) is 5.91 Å². The monoisotopic (exact) mass is 327 g/mol. The molecule has 4 heteroatoms. The molecule has 0 aromatic heterocycles. The predicted octanol–water partition coefficient (Wildman–Crippen LogP) is 3.57.